The summed E-state index contributed by atoms with van der Waals surface area (Å²) in [5, 5.41) is 6.03. The summed E-state index contributed by atoms with van der Waals surface area (Å²) in [4.78, 5) is 1.49. The first-order chi connectivity index (χ1) is 11.6. The molecule has 2 aromatic rings. The van der Waals surface area contributed by atoms with Gasteiger partial charge in [0.1, 0.15) is 5.75 Å². The number of hydrogen-bond acceptors (Lipinski definition) is 3. The van der Waals surface area contributed by atoms with Crippen molar-refractivity contribution in [3.63, 3.8) is 0 Å². The lowest BCUT2D eigenvalue weighted by atomic mass is 9.78. The van der Waals surface area contributed by atoms with E-state index in [0.29, 0.717) is 23.8 Å². The van der Waals surface area contributed by atoms with Gasteiger partial charge in [-0.2, -0.15) is 0 Å². The molecular weight excluding hydrogens is 314 g/mol. The van der Waals surface area contributed by atoms with E-state index in [4.69, 9.17) is 4.74 Å². The number of nitrogens with one attached hydrogen (secondary N) is 1. The van der Waals surface area contributed by atoms with Crippen LogP contribution in [0.4, 0.5) is 5.69 Å². The maximum absolute atomic E-state index is 5.95. The van der Waals surface area contributed by atoms with Crippen molar-refractivity contribution in [1.29, 1.82) is 0 Å². The topological polar surface area (TPSA) is 21.3 Å². The molecule has 4 rings (SSSR count). The third kappa shape index (κ3) is 2.75. The van der Waals surface area contributed by atoms with Crippen LogP contribution in [0.3, 0.4) is 0 Å². The first kappa shape index (κ1) is 15.8. The highest BCUT2D eigenvalue weighted by Gasteiger charge is 2.39. The average molecular weight is 340 g/mol. The predicted molar refractivity (Wildman–Crippen MR) is 102 cm³/mol. The molecule has 0 bridgehead atoms. The fourth-order valence-electron chi connectivity index (χ4n) is 3.89. The zero-order valence-electron chi connectivity index (χ0n) is 14.6. The number of hydrogen-bond donors (Lipinski definition) is 1. The molecule has 24 heavy (non-hydrogen) atoms. The van der Waals surface area contributed by atoms with E-state index in [0.717, 1.165) is 18.8 Å². The number of benzene rings is 1. The molecule has 1 aliphatic carbocycles. The van der Waals surface area contributed by atoms with Crippen molar-refractivity contribution < 1.29 is 4.74 Å². The largest absolute Gasteiger partial charge is 0.493 e. The Kier molecular flexibility index (Phi) is 4.13. The fourth-order valence-corrected chi connectivity index (χ4v) is 4.94. The van der Waals surface area contributed by atoms with Gasteiger partial charge in [0.25, 0.3) is 0 Å². The minimum absolute atomic E-state index is 0.417. The quantitative estimate of drug-likeness (QED) is 0.698. The minimum atomic E-state index is 0.417. The Bertz CT molecular complexity index is 761. The Morgan fingerprint density at radius 2 is 2.17 bits per heavy atom. The monoisotopic (exact) mass is 339 g/mol. The Balaban J connectivity index is 1.67. The number of aryl methyl sites for hydroxylation is 1. The van der Waals surface area contributed by atoms with Crippen LogP contribution in [-0.2, 0) is 0 Å². The van der Waals surface area contributed by atoms with E-state index in [-0.39, 0.29) is 0 Å². The van der Waals surface area contributed by atoms with Gasteiger partial charge in [0.15, 0.2) is 0 Å². The number of allylic oxidation sites excluding steroid dienone is 2. The second kappa shape index (κ2) is 6.29. The Labute approximate surface area is 148 Å². The zero-order chi connectivity index (χ0) is 16.7. The van der Waals surface area contributed by atoms with Crippen LogP contribution in [0, 0.1) is 18.8 Å². The lowest BCUT2D eigenvalue weighted by molar-refractivity contribution is 0.270. The van der Waals surface area contributed by atoms with Crippen molar-refractivity contribution in [2.45, 2.75) is 39.2 Å². The highest BCUT2D eigenvalue weighted by Crippen LogP contribution is 2.51. The van der Waals surface area contributed by atoms with Gasteiger partial charge in [-0.1, -0.05) is 26.0 Å². The van der Waals surface area contributed by atoms with Crippen molar-refractivity contribution in [2.24, 2.45) is 11.8 Å². The second-order valence-electron chi connectivity index (χ2n) is 7.40. The SMILES string of the molecule is Cc1ccsc1C1Nc2ccc(OCC(C)C)cc2C2C=CCC21. The highest BCUT2D eigenvalue weighted by molar-refractivity contribution is 7.10. The summed E-state index contributed by atoms with van der Waals surface area (Å²) >= 11 is 1.88. The van der Waals surface area contributed by atoms with Crippen LogP contribution in [0.2, 0.25) is 0 Å². The first-order valence-corrected chi connectivity index (χ1v) is 9.75. The third-order valence-electron chi connectivity index (χ3n) is 5.10. The number of thiophene rings is 1. The predicted octanol–water partition coefficient (Wildman–Crippen LogP) is 5.92. The number of fused-ring (bicyclic) bond motifs is 3. The summed E-state index contributed by atoms with van der Waals surface area (Å²) in [6.45, 7) is 7.36. The molecule has 0 fully saturated rings. The van der Waals surface area contributed by atoms with Crippen molar-refractivity contribution >= 4 is 17.0 Å². The summed E-state index contributed by atoms with van der Waals surface area (Å²) in [6.07, 6.45) is 5.90. The van der Waals surface area contributed by atoms with Gasteiger partial charge in [0.05, 0.1) is 12.6 Å². The molecule has 1 N–H and O–H groups in total. The van der Waals surface area contributed by atoms with E-state index in [9.17, 15) is 0 Å². The lowest BCUT2D eigenvalue weighted by Gasteiger charge is -2.37. The van der Waals surface area contributed by atoms with Crippen LogP contribution in [0.25, 0.3) is 0 Å². The van der Waals surface area contributed by atoms with Gasteiger partial charge in [-0.3, -0.25) is 0 Å². The van der Waals surface area contributed by atoms with Crippen molar-refractivity contribution in [3.8, 4) is 5.75 Å². The smallest absolute Gasteiger partial charge is 0.119 e. The second-order valence-corrected chi connectivity index (χ2v) is 8.34. The molecule has 0 saturated heterocycles. The van der Waals surface area contributed by atoms with E-state index in [1.807, 2.05) is 11.3 Å². The minimum Gasteiger partial charge on any atom is -0.493 e. The summed E-state index contributed by atoms with van der Waals surface area (Å²) in [6, 6.07) is 9.20. The Morgan fingerprint density at radius 1 is 1.29 bits per heavy atom. The highest BCUT2D eigenvalue weighted by atomic mass is 32.1. The normalized spacial score (nSPS) is 24.6. The standard InChI is InChI=1S/C21H25NOS/c1-13(2)12-23-15-7-8-19-18(11-15)16-5-4-6-17(16)20(22-19)21-14(3)9-10-24-21/h4-5,7-11,13,16-17,20,22H,6,12H2,1-3H3. The van der Waals surface area contributed by atoms with Gasteiger partial charge in [-0.05, 0) is 66.0 Å². The maximum Gasteiger partial charge on any atom is 0.119 e. The summed E-state index contributed by atoms with van der Waals surface area (Å²) < 4.78 is 5.95. The van der Waals surface area contributed by atoms with Gasteiger partial charge in [0, 0.05) is 16.5 Å². The Morgan fingerprint density at radius 3 is 2.92 bits per heavy atom. The molecule has 0 radical (unpaired) electrons. The van der Waals surface area contributed by atoms with Crippen molar-refractivity contribution in [2.75, 3.05) is 11.9 Å². The maximum atomic E-state index is 5.95. The van der Waals surface area contributed by atoms with Crippen LogP contribution in [-0.4, -0.2) is 6.61 Å². The van der Waals surface area contributed by atoms with Crippen molar-refractivity contribution in [1.82, 2.24) is 0 Å². The first-order valence-electron chi connectivity index (χ1n) is 8.87. The van der Waals surface area contributed by atoms with Crippen LogP contribution in [0.15, 0.2) is 41.8 Å². The summed E-state index contributed by atoms with van der Waals surface area (Å²) in [5.74, 6) is 2.64. The summed E-state index contributed by atoms with van der Waals surface area (Å²) in [5.41, 5.74) is 4.06. The van der Waals surface area contributed by atoms with Crippen LogP contribution >= 0.6 is 11.3 Å². The van der Waals surface area contributed by atoms with Crippen LogP contribution < -0.4 is 10.1 Å². The molecule has 0 saturated carbocycles. The number of rotatable bonds is 4. The molecular formula is C21H25NOS. The van der Waals surface area contributed by atoms with E-state index >= 15 is 0 Å². The molecule has 1 aromatic heterocycles. The van der Waals surface area contributed by atoms with Crippen molar-refractivity contribution in [3.05, 3.63) is 57.8 Å². The molecule has 2 nitrogen and oxygen atoms in total. The van der Waals surface area contributed by atoms with E-state index in [1.165, 1.54) is 21.7 Å². The van der Waals surface area contributed by atoms with E-state index < -0.39 is 0 Å². The Hall–Kier alpha value is -1.74. The molecule has 2 aliphatic rings. The molecule has 0 amide bonds. The number of ether oxygens (including phenoxy) is 1. The lowest BCUT2D eigenvalue weighted by Crippen LogP contribution is -2.28. The molecule has 3 heteroatoms. The number of anilines is 1. The molecule has 2 heterocycles. The van der Waals surface area contributed by atoms with Gasteiger partial charge in [-0.25, -0.2) is 0 Å². The third-order valence-corrected chi connectivity index (χ3v) is 6.20. The van der Waals surface area contributed by atoms with Gasteiger partial charge in [0.2, 0.25) is 0 Å². The van der Waals surface area contributed by atoms with Crippen LogP contribution in [0.5, 0.6) is 5.75 Å². The van der Waals surface area contributed by atoms with E-state index in [2.05, 4.69) is 67.9 Å². The van der Waals surface area contributed by atoms with Crippen LogP contribution in [0.1, 0.15) is 48.2 Å². The fraction of sp³-hybridized carbons (Fsp3) is 0.429. The molecule has 3 atom stereocenters. The van der Waals surface area contributed by atoms with Gasteiger partial charge in [-0.15, -0.1) is 11.3 Å². The van der Waals surface area contributed by atoms with Gasteiger partial charge < -0.3 is 10.1 Å². The molecule has 126 valence electrons. The molecule has 1 aliphatic heterocycles. The molecule has 0 spiro atoms. The zero-order valence-corrected chi connectivity index (χ0v) is 15.4. The van der Waals surface area contributed by atoms with Gasteiger partial charge >= 0.3 is 0 Å². The van der Waals surface area contributed by atoms with E-state index in [1.54, 1.807) is 0 Å². The molecule has 3 unspecified atom stereocenters. The average Bonchev–Trinajstić information content (AvgIpc) is 3.21. The molecule has 1 aromatic carbocycles. The summed E-state index contributed by atoms with van der Waals surface area (Å²) in [7, 11) is 0.